The Balaban J connectivity index is 2.35. The van der Waals surface area contributed by atoms with Gasteiger partial charge in [0.15, 0.2) is 0 Å². The van der Waals surface area contributed by atoms with Crippen molar-refractivity contribution in [2.24, 2.45) is 11.1 Å². The van der Waals surface area contributed by atoms with Crippen molar-refractivity contribution in [3.8, 4) is 0 Å². The lowest BCUT2D eigenvalue weighted by Crippen LogP contribution is -2.19. The average molecular weight is 209 g/mol. The Labute approximate surface area is 81.1 Å². The summed E-state index contributed by atoms with van der Waals surface area (Å²) < 4.78 is 35.1. The third-order valence-corrected chi connectivity index (χ3v) is 2.30. The highest BCUT2D eigenvalue weighted by Gasteiger charge is 2.29. The molecule has 1 aliphatic carbocycles. The molecule has 1 aliphatic rings. The molecule has 5 heteroatoms. The fourth-order valence-corrected chi connectivity index (χ4v) is 1.49. The molecule has 82 valence electrons. The SMILES string of the molecule is C[C@H]1CCCC/C1=N\OCC(F)(F)F. The van der Waals surface area contributed by atoms with E-state index in [1.807, 2.05) is 6.92 Å². The van der Waals surface area contributed by atoms with E-state index in [9.17, 15) is 13.2 Å². The average Bonchev–Trinajstić information content (AvgIpc) is 2.06. The summed E-state index contributed by atoms with van der Waals surface area (Å²) in [7, 11) is 0. The number of alkyl halides is 3. The summed E-state index contributed by atoms with van der Waals surface area (Å²) in [6.45, 7) is 0.679. The van der Waals surface area contributed by atoms with Gasteiger partial charge in [-0.25, -0.2) is 0 Å². The van der Waals surface area contributed by atoms with Crippen molar-refractivity contribution >= 4 is 5.71 Å². The highest BCUT2D eigenvalue weighted by molar-refractivity contribution is 5.86. The van der Waals surface area contributed by atoms with Crippen molar-refractivity contribution in [2.75, 3.05) is 6.61 Å². The zero-order valence-electron chi connectivity index (χ0n) is 8.10. The van der Waals surface area contributed by atoms with Gasteiger partial charge >= 0.3 is 6.18 Å². The maximum Gasteiger partial charge on any atom is 0.425 e. The topological polar surface area (TPSA) is 21.6 Å². The predicted octanol–water partition coefficient (Wildman–Crippen LogP) is 3.13. The standard InChI is InChI=1S/C9H14F3NO/c1-7-4-2-3-5-8(7)13-14-6-9(10,11)12/h7H,2-6H2,1H3/b13-8+/t7-/m0/s1. The smallest absolute Gasteiger partial charge is 0.386 e. The van der Waals surface area contributed by atoms with E-state index >= 15 is 0 Å². The molecule has 0 unspecified atom stereocenters. The molecule has 0 aromatic heterocycles. The molecular weight excluding hydrogens is 195 g/mol. The highest BCUT2D eigenvalue weighted by Crippen LogP contribution is 2.22. The first-order valence-electron chi connectivity index (χ1n) is 4.74. The second-order valence-electron chi connectivity index (χ2n) is 3.62. The van der Waals surface area contributed by atoms with Crippen LogP contribution in [0.15, 0.2) is 5.16 Å². The number of hydrogen-bond donors (Lipinski definition) is 0. The summed E-state index contributed by atoms with van der Waals surface area (Å²) in [6.07, 6.45) is -0.410. The van der Waals surface area contributed by atoms with Crippen LogP contribution in [0.2, 0.25) is 0 Å². The Hall–Kier alpha value is -0.740. The first kappa shape index (κ1) is 11.3. The van der Waals surface area contributed by atoms with E-state index in [0.29, 0.717) is 0 Å². The molecule has 1 rings (SSSR count). The molecule has 0 aromatic carbocycles. The van der Waals surface area contributed by atoms with Crippen LogP contribution in [0.25, 0.3) is 0 Å². The van der Waals surface area contributed by atoms with Crippen LogP contribution in [0.4, 0.5) is 13.2 Å². The third kappa shape index (κ3) is 3.98. The lowest BCUT2D eigenvalue weighted by atomic mass is 9.89. The van der Waals surface area contributed by atoms with Crippen molar-refractivity contribution < 1.29 is 18.0 Å². The van der Waals surface area contributed by atoms with Gasteiger partial charge in [-0.1, -0.05) is 18.5 Å². The van der Waals surface area contributed by atoms with Crippen LogP contribution in [0.5, 0.6) is 0 Å². The van der Waals surface area contributed by atoms with Crippen molar-refractivity contribution in [3.05, 3.63) is 0 Å². The Bertz CT molecular complexity index is 213. The van der Waals surface area contributed by atoms with Gasteiger partial charge in [0.2, 0.25) is 6.61 Å². The van der Waals surface area contributed by atoms with Crippen LogP contribution in [-0.2, 0) is 4.84 Å². The first-order chi connectivity index (χ1) is 6.49. The van der Waals surface area contributed by atoms with E-state index in [1.54, 1.807) is 0 Å². The molecule has 1 fully saturated rings. The van der Waals surface area contributed by atoms with Gasteiger partial charge in [-0.3, -0.25) is 0 Å². The molecule has 1 atom stereocenters. The molecule has 0 spiro atoms. The fraction of sp³-hybridized carbons (Fsp3) is 0.889. The Kier molecular flexibility index (Phi) is 3.77. The highest BCUT2D eigenvalue weighted by atomic mass is 19.4. The van der Waals surface area contributed by atoms with Gasteiger partial charge < -0.3 is 4.84 Å². The molecule has 2 nitrogen and oxygen atoms in total. The second kappa shape index (κ2) is 4.66. The fourth-order valence-electron chi connectivity index (χ4n) is 1.49. The third-order valence-electron chi connectivity index (χ3n) is 2.30. The van der Waals surface area contributed by atoms with Crippen molar-refractivity contribution in [1.82, 2.24) is 0 Å². The van der Waals surface area contributed by atoms with Gasteiger partial charge in [0, 0.05) is 0 Å². The van der Waals surface area contributed by atoms with Gasteiger partial charge in [0.1, 0.15) is 0 Å². The van der Waals surface area contributed by atoms with E-state index in [2.05, 4.69) is 9.99 Å². The Morgan fingerprint density at radius 1 is 1.43 bits per heavy atom. The van der Waals surface area contributed by atoms with Gasteiger partial charge in [-0.15, -0.1) is 0 Å². The van der Waals surface area contributed by atoms with Gasteiger partial charge in [-0.05, 0) is 25.2 Å². The summed E-state index contributed by atoms with van der Waals surface area (Å²) in [6, 6.07) is 0. The molecule has 0 saturated heterocycles. The summed E-state index contributed by atoms with van der Waals surface area (Å²) >= 11 is 0. The van der Waals surface area contributed by atoms with Crippen LogP contribution in [0.3, 0.4) is 0 Å². The number of rotatable bonds is 2. The quantitative estimate of drug-likeness (QED) is 0.640. The van der Waals surface area contributed by atoms with Gasteiger partial charge in [0.05, 0.1) is 5.71 Å². The second-order valence-corrected chi connectivity index (χ2v) is 3.62. The largest absolute Gasteiger partial charge is 0.425 e. The Morgan fingerprint density at radius 2 is 2.14 bits per heavy atom. The van der Waals surface area contributed by atoms with Gasteiger partial charge in [-0.2, -0.15) is 13.2 Å². The van der Waals surface area contributed by atoms with E-state index in [-0.39, 0.29) is 5.92 Å². The summed E-state index contributed by atoms with van der Waals surface area (Å²) in [4.78, 5) is 4.27. The van der Waals surface area contributed by atoms with Crippen molar-refractivity contribution in [2.45, 2.75) is 38.8 Å². The molecule has 0 aromatic rings. The van der Waals surface area contributed by atoms with E-state index < -0.39 is 12.8 Å². The molecule has 1 saturated carbocycles. The van der Waals surface area contributed by atoms with Crippen LogP contribution in [0.1, 0.15) is 32.6 Å². The number of oxime groups is 1. The van der Waals surface area contributed by atoms with E-state index in [4.69, 9.17) is 0 Å². The molecule has 0 heterocycles. The zero-order valence-corrected chi connectivity index (χ0v) is 8.10. The Morgan fingerprint density at radius 3 is 2.71 bits per heavy atom. The van der Waals surface area contributed by atoms with Crippen LogP contribution < -0.4 is 0 Å². The summed E-state index contributed by atoms with van der Waals surface area (Å²) in [5.74, 6) is 0.261. The molecule has 0 amide bonds. The van der Waals surface area contributed by atoms with Crippen molar-refractivity contribution in [1.29, 1.82) is 0 Å². The number of hydrogen-bond acceptors (Lipinski definition) is 2. The lowest BCUT2D eigenvalue weighted by Gasteiger charge is -2.19. The molecule has 0 N–H and O–H groups in total. The summed E-state index contributed by atoms with van der Waals surface area (Å²) in [5.41, 5.74) is 0.764. The molecule has 0 aliphatic heterocycles. The molecule has 0 bridgehead atoms. The van der Waals surface area contributed by atoms with E-state index in [0.717, 1.165) is 31.4 Å². The van der Waals surface area contributed by atoms with E-state index in [1.165, 1.54) is 0 Å². The minimum Gasteiger partial charge on any atom is -0.386 e. The van der Waals surface area contributed by atoms with Gasteiger partial charge in [0.25, 0.3) is 0 Å². The predicted molar refractivity (Wildman–Crippen MR) is 47.1 cm³/mol. The molecule has 0 radical (unpaired) electrons. The molecular formula is C9H14F3NO. The van der Waals surface area contributed by atoms with Crippen LogP contribution in [-0.4, -0.2) is 18.5 Å². The molecule has 14 heavy (non-hydrogen) atoms. The zero-order chi connectivity index (χ0) is 10.6. The number of nitrogens with zero attached hydrogens (tertiary/aromatic N) is 1. The van der Waals surface area contributed by atoms with Crippen LogP contribution >= 0.6 is 0 Å². The minimum absolute atomic E-state index is 0.261. The summed E-state index contributed by atoms with van der Waals surface area (Å²) in [5, 5.41) is 3.55. The monoisotopic (exact) mass is 209 g/mol. The minimum atomic E-state index is -4.29. The van der Waals surface area contributed by atoms with Crippen molar-refractivity contribution in [3.63, 3.8) is 0 Å². The normalized spacial score (nSPS) is 26.6. The first-order valence-corrected chi connectivity index (χ1v) is 4.74. The maximum absolute atomic E-state index is 11.7. The maximum atomic E-state index is 11.7. The van der Waals surface area contributed by atoms with Crippen LogP contribution in [0, 0.1) is 5.92 Å². The number of halogens is 3. The lowest BCUT2D eigenvalue weighted by molar-refractivity contribution is -0.174.